The highest BCUT2D eigenvalue weighted by atomic mass is 16.1. The van der Waals surface area contributed by atoms with Crippen molar-refractivity contribution < 1.29 is 4.79 Å². The second kappa shape index (κ2) is 6.15. The molecule has 0 radical (unpaired) electrons. The van der Waals surface area contributed by atoms with E-state index in [0.717, 1.165) is 23.3 Å². The molecule has 0 aromatic carbocycles. The van der Waals surface area contributed by atoms with E-state index in [1.165, 1.54) is 0 Å². The predicted octanol–water partition coefficient (Wildman–Crippen LogP) is 1.30. The van der Waals surface area contributed by atoms with Crippen molar-refractivity contribution in [2.45, 2.75) is 6.54 Å². The molecule has 5 heteroatoms. The number of hydrogen-bond acceptors (Lipinski definition) is 3. The molecule has 0 bridgehead atoms. The Morgan fingerprint density at radius 3 is 3.05 bits per heavy atom. The maximum Gasteiger partial charge on any atom is 0.244 e. The normalized spacial score (nSPS) is 11.5. The number of amides is 1. The summed E-state index contributed by atoms with van der Waals surface area (Å²) in [5.74, 6) is -0.102. The number of H-pyrrole nitrogens is 1. The number of likely N-dealkylation sites (N-methyl/N-ethyl adjacent to an activating group) is 1. The van der Waals surface area contributed by atoms with E-state index in [9.17, 15) is 4.79 Å². The molecule has 0 spiro atoms. The molecule has 0 fully saturated rings. The predicted molar refractivity (Wildman–Crippen MR) is 75.6 cm³/mol. The van der Waals surface area contributed by atoms with Crippen LogP contribution < -0.4 is 5.32 Å². The number of rotatable bonds is 5. The van der Waals surface area contributed by atoms with Gasteiger partial charge in [0, 0.05) is 24.2 Å². The van der Waals surface area contributed by atoms with Crippen molar-refractivity contribution in [3.05, 3.63) is 42.2 Å². The zero-order valence-corrected chi connectivity index (χ0v) is 11.2. The van der Waals surface area contributed by atoms with Crippen molar-refractivity contribution >= 4 is 16.9 Å². The third-order valence-corrected chi connectivity index (χ3v) is 2.65. The SMILES string of the molecule is CN(C)C/C=C/C(=O)NCc1ccc2cc[nH]c2n1. The summed E-state index contributed by atoms with van der Waals surface area (Å²) in [5.41, 5.74) is 1.68. The summed E-state index contributed by atoms with van der Waals surface area (Å²) in [6.07, 6.45) is 5.23. The van der Waals surface area contributed by atoms with Crippen LogP contribution in [0.2, 0.25) is 0 Å². The topological polar surface area (TPSA) is 61.0 Å². The highest BCUT2D eigenvalue weighted by Crippen LogP contribution is 2.09. The minimum Gasteiger partial charge on any atom is -0.347 e. The lowest BCUT2D eigenvalue weighted by atomic mass is 10.3. The van der Waals surface area contributed by atoms with E-state index in [-0.39, 0.29) is 5.91 Å². The van der Waals surface area contributed by atoms with Crippen molar-refractivity contribution in [2.24, 2.45) is 0 Å². The van der Waals surface area contributed by atoms with Crippen LogP contribution in [0.5, 0.6) is 0 Å². The van der Waals surface area contributed by atoms with Crippen molar-refractivity contribution in [1.82, 2.24) is 20.2 Å². The van der Waals surface area contributed by atoms with Crippen molar-refractivity contribution in [3.8, 4) is 0 Å². The first kappa shape index (κ1) is 13.3. The largest absolute Gasteiger partial charge is 0.347 e. The lowest BCUT2D eigenvalue weighted by Gasteiger charge is -2.04. The van der Waals surface area contributed by atoms with Crippen molar-refractivity contribution in [1.29, 1.82) is 0 Å². The number of nitrogens with one attached hydrogen (secondary N) is 2. The van der Waals surface area contributed by atoms with Gasteiger partial charge in [-0.15, -0.1) is 0 Å². The number of carbonyl (C=O) groups excluding carboxylic acids is 1. The van der Waals surface area contributed by atoms with Gasteiger partial charge in [-0.3, -0.25) is 4.79 Å². The van der Waals surface area contributed by atoms with E-state index in [1.807, 2.05) is 49.5 Å². The first-order valence-electron chi connectivity index (χ1n) is 6.17. The second-order valence-electron chi connectivity index (χ2n) is 4.60. The van der Waals surface area contributed by atoms with Crippen molar-refractivity contribution in [3.63, 3.8) is 0 Å². The number of aromatic nitrogens is 2. The van der Waals surface area contributed by atoms with Gasteiger partial charge >= 0.3 is 0 Å². The highest BCUT2D eigenvalue weighted by Gasteiger charge is 2.00. The Morgan fingerprint density at radius 1 is 1.42 bits per heavy atom. The molecule has 2 N–H and O–H groups in total. The third-order valence-electron chi connectivity index (χ3n) is 2.65. The standard InChI is InChI=1S/C14H18N4O/c1-18(2)9-3-4-13(19)16-10-12-6-5-11-7-8-15-14(11)17-12/h3-8H,9-10H2,1-2H3,(H,15,17)(H,16,19)/b4-3+. The van der Waals surface area contributed by atoms with Crippen LogP contribution in [0.4, 0.5) is 0 Å². The molecule has 2 heterocycles. The summed E-state index contributed by atoms with van der Waals surface area (Å²) < 4.78 is 0. The van der Waals surface area contributed by atoms with Crippen LogP contribution in [-0.2, 0) is 11.3 Å². The van der Waals surface area contributed by atoms with E-state index in [2.05, 4.69) is 15.3 Å². The van der Waals surface area contributed by atoms with Gasteiger partial charge in [0.1, 0.15) is 5.65 Å². The Kier molecular flexibility index (Phi) is 4.30. The van der Waals surface area contributed by atoms with Gasteiger partial charge in [-0.2, -0.15) is 0 Å². The number of pyridine rings is 1. The van der Waals surface area contributed by atoms with E-state index in [1.54, 1.807) is 6.08 Å². The second-order valence-corrected chi connectivity index (χ2v) is 4.60. The summed E-state index contributed by atoms with van der Waals surface area (Å²) in [5, 5.41) is 3.88. The van der Waals surface area contributed by atoms with E-state index >= 15 is 0 Å². The molecule has 0 aliphatic rings. The summed E-state index contributed by atoms with van der Waals surface area (Å²) in [4.78, 5) is 21.0. The fraction of sp³-hybridized carbons (Fsp3) is 0.286. The Balaban J connectivity index is 1.87. The van der Waals surface area contributed by atoms with E-state index < -0.39 is 0 Å². The molecule has 2 aromatic rings. The van der Waals surface area contributed by atoms with Gasteiger partial charge in [0.05, 0.1) is 12.2 Å². The average molecular weight is 258 g/mol. The molecule has 0 unspecified atom stereocenters. The number of nitrogens with zero attached hydrogens (tertiary/aromatic N) is 2. The quantitative estimate of drug-likeness (QED) is 0.795. The van der Waals surface area contributed by atoms with E-state index in [4.69, 9.17) is 0 Å². The van der Waals surface area contributed by atoms with Gasteiger partial charge < -0.3 is 15.2 Å². The maximum absolute atomic E-state index is 11.6. The van der Waals surface area contributed by atoms with Crippen LogP contribution in [0.25, 0.3) is 11.0 Å². The molecule has 0 atom stereocenters. The Bertz CT molecular complexity index is 586. The number of aromatic amines is 1. The van der Waals surface area contributed by atoms with Crippen LogP contribution in [0.15, 0.2) is 36.5 Å². The number of carbonyl (C=O) groups is 1. The van der Waals surface area contributed by atoms with Gasteiger partial charge in [-0.1, -0.05) is 6.08 Å². The van der Waals surface area contributed by atoms with Crippen LogP contribution >= 0.6 is 0 Å². The minimum atomic E-state index is -0.102. The molecule has 100 valence electrons. The monoisotopic (exact) mass is 258 g/mol. The summed E-state index contributed by atoms with van der Waals surface area (Å²) >= 11 is 0. The Labute approximate surface area is 112 Å². The number of hydrogen-bond donors (Lipinski definition) is 2. The molecule has 0 aliphatic carbocycles. The smallest absolute Gasteiger partial charge is 0.244 e. The molecule has 2 aromatic heterocycles. The molecule has 0 aliphatic heterocycles. The van der Waals surface area contributed by atoms with Gasteiger partial charge in [0.2, 0.25) is 5.91 Å². The van der Waals surface area contributed by atoms with Gasteiger partial charge in [-0.25, -0.2) is 4.98 Å². The zero-order chi connectivity index (χ0) is 13.7. The van der Waals surface area contributed by atoms with Gasteiger partial charge in [-0.05, 0) is 32.3 Å². The molecule has 19 heavy (non-hydrogen) atoms. The van der Waals surface area contributed by atoms with Crippen LogP contribution in [-0.4, -0.2) is 41.4 Å². The Morgan fingerprint density at radius 2 is 2.26 bits per heavy atom. The molecule has 1 amide bonds. The van der Waals surface area contributed by atoms with Gasteiger partial charge in [0.15, 0.2) is 0 Å². The zero-order valence-electron chi connectivity index (χ0n) is 11.2. The van der Waals surface area contributed by atoms with Gasteiger partial charge in [0.25, 0.3) is 0 Å². The average Bonchev–Trinajstić information content (AvgIpc) is 2.83. The molecule has 2 rings (SSSR count). The fourth-order valence-electron chi connectivity index (χ4n) is 1.68. The highest BCUT2D eigenvalue weighted by molar-refractivity contribution is 5.87. The van der Waals surface area contributed by atoms with Crippen LogP contribution in [0.3, 0.4) is 0 Å². The molecule has 5 nitrogen and oxygen atoms in total. The molecular weight excluding hydrogens is 240 g/mol. The minimum absolute atomic E-state index is 0.102. The first-order chi connectivity index (χ1) is 9.15. The molecule has 0 saturated carbocycles. The van der Waals surface area contributed by atoms with Crippen molar-refractivity contribution in [2.75, 3.05) is 20.6 Å². The van der Waals surface area contributed by atoms with Crippen LogP contribution in [0, 0.1) is 0 Å². The third kappa shape index (κ3) is 3.93. The number of fused-ring (bicyclic) bond motifs is 1. The van der Waals surface area contributed by atoms with Crippen LogP contribution in [0.1, 0.15) is 5.69 Å². The molecule has 0 saturated heterocycles. The lowest BCUT2D eigenvalue weighted by Crippen LogP contribution is -2.21. The lowest BCUT2D eigenvalue weighted by molar-refractivity contribution is -0.116. The molecular formula is C14H18N4O. The first-order valence-corrected chi connectivity index (χ1v) is 6.17. The maximum atomic E-state index is 11.6. The summed E-state index contributed by atoms with van der Waals surface area (Å²) in [6, 6.07) is 5.87. The fourth-order valence-corrected chi connectivity index (χ4v) is 1.68. The Hall–Kier alpha value is -2.14. The summed E-state index contributed by atoms with van der Waals surface area (Å²) in [6.45, 7) is 1.18. The van der Waals surface area contributed by atoms with E-state index in [0.29, 0.717) is 6.54 Å². The summed E-state index contributed by atoms with van der Waals surface area (Å²) in [7, 11) is 3.91.